The summed E-state index contributed by atoms with van der Waals surface area (Å²) in [6.07, 6.45) is 0. The number of benzene rings is 1. The third-order valence-electron chi connectivity index (χ3n) is 2.52. The van der Waals surface area contributed by atoms with E-state index in [-0.39, 0.29) is 5.41 Å². The molecule has 1 heterocycles. The molecule has 0 unspecified atom stereocenters. The van der Waals surface area contributed by atoms with Crippen LogP contribution in [-0.2, 0) is 12.0 Å². The summed E-state index contributed by atoms with van der Waals surface area (Å²) in [6, 6.07) is 3.83. The Morgan fingerprint density at radius 2 is 1.95 bits per heavy atom. The minimum absolute atomic E-state index is 0.0988. The minimum atomic E-state index is -0.841. The normalized spacial score (nSPS) is 11.6. The molecule has 0 spiro atoms. The lowest BCUT2D eigenvalue weighted by Gasteiger charge is -2.12. The van der Waals surface area contributed by atoms with Crippen LogP contribution < -0.4 is 5.32 Å². The Labute approximate surface area is 114 Å². The van der Waals surface area contributed by atoms with Crippen molar-refractivity contribution in [2.24, 2.45) is 0 Å². The van der Waals surface area contributed by atoms with Gasteiger partial charge in [-0.3, -0.25) is 0 Å². The molecule has 0 saturated heterocycles. The van der Waals surface area contributed by atoms with E-state index >= 15 is 0 Å². The highest BCUT2D eigenvalue weighted by molar-refractivity contribution is 7.09. The standard InChI is InChI=1S/C13H15F2N3S/c1-13(2,3)11-17-12(19-18-11)16-7-8-4-5-9(14)10(15)6-8/h4-6H,7H2,1-3H3,(H,16,17,18). The molecule has 0 atom stereocenters. The maximum absolute atomic E-state index is 13.0. The van der Waals surface area contributed by atoms with Crippen LogP contribution in [0.15, 0.2) is 18.2 Å². The number of aromatic nitrogens is 2. The highest BCUT2D eigenvalue weighted by Crippen LogP contribution is 2.23. The Bertz CT molecular complexity index is 576. The van der Waals surface area contributed by atoms with Crippen molar-refractivity contribution >= 4 is 16.7 Å². The second-order valence-corrected chi connectivity index (χ2v) is 6.03. The first-order chi connectivity index (χ1) is 8.86. The van der Waals surface area contributed by atoms with Gasteiger partial charge in [0.25, 0.3) is 0 Å². The molecule has 1 aromatic carbocycles. The van der Waals surface area contributed by atoms with E-state index in [0.717, 1.165) is 11.9 Å². The molecule has 2 rings (SSSR count). The second kappa shape index (κ2) is 5.21. The van der Waals surface area contributed by atoms with Gasteiger partial charge >= 0.3 is 0 Å². The minimum Gasteiger partial charge on any atom is -0.356 e. The Morgan fingerprint density at radius 3 is 2.53 bits per heavy atom. The Balaban J connectivity index is 2.02. The van der Waals surface area contributed by atoms with Gasteiger partial charge < -0.3 is 5.32 Å². The average Bonchev–Trinajstić information content (AvgIpc) is 2.79. The monoisotopic (exact) mass is 283 g/mol. The second-order valence-electron chi connectivity index (χ2n) is 5.28. The number of rotatable bonds is 3. The van der Waals surface area contributed by atoms with E-state index in [9.17, 15) is 8.78 Å². The van der Waals surface area contributed by atoms with Gasteiger partial charge in [0.2, 0.25) is 5.13 Å². The van der Waals surface area contributed by atoms with Crippen LogP contribution in [0.4, 0.5) is 13.9 Å². The molecule has 102 valence electrons. The highest BCUT2D eigenvalue weighted by Gasteiger charge is 2.19. The number of nitrogens with zero attached hydrogens (tertiary/aromatic N) is 2. The Hall–Kier alpha value is -1.56. The molecule has 6 heteroatoms. The van der Waals surface area contributed by atoms with Gasteiger partial charge in [-0.15, -0.1) is 0 Å². The van der Waals surface area contributed by atoms with Crippen LogP contribution in [0.5, 0.6) is 0 Å². The summed E-state index contributed by atoms with van der Waals surface area (Å²) in [5.41, 5.74) is 0.560. The third-order valence-corrected chi connectivity index (χ3v) is 3.20. The maximum Gasteiger partial charge on any atom is 0.202 e. The molecule has 1 N–H and O–H groups in total. The molecule has 2 aromatic rings. The molecular weight excluding hydrogens is 268 g/mol. The van der Waals surface area contributed by atoms with Gasteiger partial charge in [-0.2, -0.15) is 4.37 Å². The fourth-order valence-corrected chi connectivity index (χ4v) is 2.18. The summed E-state index contributed by atoms with van der Waals surface area (Å²) in [4.78, 5) is 4.37. The zero-order chi connectivity index (χ0) is 14.0. The Morgan fingerprint density at radius 1 is 1.21 bits per heavy atom. The first-order valence-corrected chi connectivity index (χ1v) is 6.65. The molecule has 19 heavy (non-hydrogen) atoms. The summed E-state index contributed by atoms with van der Waals surface area (Å²) < 4.78 is 30.1. The van der Waals surface area contributed by atoms with Gasteiger partial charge in [0, 0.05) is 23.5 Å². The lowest BCUT2D eigenvalue weighted by molar-refractivity contribution is 0.507. The van der Waals surface area contributed by atoms with Gasteiger partial charge in [-0.05, 0) is 17.7 Å². The first kappa shape index (κ1) is 13.9. The van der Waals surface area contributed by atoms with Crippen molar-refractivity contribution in [3.63, 3.8) is 0 Å². The molecule has 0 saturated carbocycles. The zero-order valence-corrected chi connectivity index (χ0v) is 11.8. The number of halogens is 2. The van der Waals surface area contributed by atoms with Crippen molar-refractivity contribution in [3.8, 4) is 0 Å². The molecule has 0 bridgehead atoms. The van der Waals surface area contributed by atoms with Gasteiger partial charge in [-0.25, -0.2) is 13.8 Å². The predicted molar refractivity (Wildman–Crippen MR) is 72.3 cm³/mol. The molecule has 0 amide bonds. The van der Waals surface area contributed by atoms with Gasteiger partial charge in [0.05, 0.1) is 0 Å². The summed E-state index contributed by atoms with van der Waals surface area (Å²) in [6.45, 7) is 6.49. The van der Waals surface area contributed by atoms with Crippen LogP contribution in [0.3, 0.4) is 0 Å². The van der Waals surface area contributed by atoms with Gasteiger partial charge in [0.15, 0.2) is 11.6 Å². The molecular formula is C13H15F2N3S. The first-order valence-electron chi connectivity index (χ1n) is 5.88. The maximum atomic E-state index is 13.0. The number of anilines is 1. The summed E-state index contributed by atoms with van der Waals surface area (Å²) in [5, 5.41) is 3.73. The van der Waals surface area contributed by atoms with Crippen LogP contribution in [-0.4, -0.2) is 9.36 Å². The van der Waals surface area contributed by atoms with Crippen molar-refractivity contribution < 1.29 is 8.78 Å². The lowest BCUT2D eigenvalue weighted by Crippen LogP contribution is -2.13. The quantitative estimate of drug-likeness (QED) is 0.932. The third kappa shape index (κ3) is 3.47. The fraction of sp³-hybridized carbons (Fsp3) is 0.385. The lowest BCUT2D eigenvalue weighted by atomic mass is 9.96. The van der Waals surface area contributed by atoms with Crippen molar-refractivity contribution in [1.29, 1.82) is 0 Å². The van der Waals surface area contributed by atoms with E-state index < -0.39 is 11.6 Å². The average molecular weight is 283 g/mol. The van der Waals surface area contributed by atoms with E-state index in [0.29, 0.717) is 17.2 Å². The molecule has 0 aliphatic rings. The van der Waals surface area contributed by atoms with Crippen molar-refractivity contribution in [3.05, 3.63) is 41.2 Å². The molecule has 1 aromatic heterocycles. The number of hydrogen-bond donors (Lipinski definition) is 1. The van der Waals surface area contributed by atoms with Crippen LogP contribution in [0.1, 0.15) is 32.2 Å². The molecule has 0 radical (unpaired) electrons. The van der Waals surface area contributed by atoms with Crippen LogP contribution in [0, 0.1) is 11.6 Å². The van der Waals surface area contributed by atoms with E-state index in [1.807, 2.05) is 20.8 Å². The zero-order valence-electron chi connectivity index (χ0n) is 11.0. The van der Waals surface area contributed by atoms with Crippen molar-refractivity contribution in [2.45, 2.75) is 32.7 Å². The fourth-order valence-electron chi connectivity index (χ4n) is 1.43. The predicted octanol–water partition coefficient (Wildman–Crippen LogP) is 3.73. The van der Waals surface area contributed by atoms with Crippen molar-refractivity contribution in [1.82, 2.24) is 9.36 Å². The van der Waals surface area contributed by atoms with E-state index in [1.54, 1.807) is 0 Å². The van der Waals surface area contributed by atoms with E-state index in [4.69, 9.17) is 0 Å². The van der Waals surface area contributed by atoms with Crippen LogP contribution in [0.25, 0.3) is 0 Å². The van der Waals surface area contributed by atoms with E-state index in [2.05, 4.69) is 14.7 Å². The summed E-state index contributed by atoms with van der Waals surface area (Å²) in [5.74, 6) is -0.910. The molecule has 0 aliphatic carbocycles. The van der Waals surface area contributed by atoms with Crippen LogP contribution >= 0.6 is 11.5 Å². The number of hydrogen-bond acceptors (Lipinski definition) is 4. The van der Waals surface area contributed by atoms with Crippen molar-refractivity contribution in [2.75, 3.05) is 5.32 Å². The van der Waals surface area contributed by atoms with Gasteiger partial charge in [0.1, 0.15) is 5.82 Å². The van der Waals surface area contributed by atoms with Crippen LogP contribution in [0.2, 0.25) is 0 Å². The molecule has 0 aliphatic heterocycles. The highest BCUT2D eigenvalue weighted by atomic mass is 32.1. The number of nitrogens with one attached hydrogen (secondary N) is 1. The summed E-state index contributed by atoms with van der Waals surface area (Å²) in [7, 11) is 0. The largest absolute Gasteiger partial charge is 0.356 e. The Kier molecular flexibility index (Phi) is 3.80. The smallest absolute Gasteiger partial charge is 0.202 e. The topological polar surface area (TPSA) is 37.8 Å². The summed E-state index contributed by atoms with van der Waals surface area (Å²) >= 11 is 1.26. The molecule has 3 nitrogen and oxygen atoms in total. The van der Waals surface area contributed by atoms with Gasteiger partial charge in [-0.1, -0.05) is 26.8 Å². The van der Waals surface area contributed by atoms with E-state index in [1.165, 1.54) is 23.7 Å². The molecule has 0 fully saturated rings. The SMILES string of the molecule is CC(C)(C)c1nsc(NCc2ccc(F)c(F)c2)n1.